The topological polar surface area (TPSA) is 103 Å². The summed E-state index contributed by atoms with van der Waals surface area (Å²) in [6.45, 7) is 2.07. The molecule has 0 bridgehead atoms. The molecule has 0 aliphatic carbocycles. The first-order valence-corrected chi connectivity index (χ1v) is 8.16. The Morgan fingerprint density at radius 1 is 1.33 bits per heavy atom. The second kappa shape index (κ2) is 7.39. The van der Waals surface area contributed by atoms with Gasteiger partial charge >= 0.3 is 0 Å². The largest absolute Gasteiger partial charge is 0.354 e. The average Bonchev–Trinajstić information content (AvgIpc) is 2.63. The smallest absolute Gasteiger partial charge is 0.256 e. The van der Waals surface area contributed by atoms with E-state index in [2.05, 4.69) is 20.9 Å². The lowest BCUT2D eigenvalue weighted by Crippen LogP contribution is -2.62. The molecule has 2 fully saturated rings. The van der Waals surface area contributed by atoms with Crippen molar-refractivity contribution in [2.45, 2.75) is 24.9 Å². The van der Waals surface area contributed by atoms with Crippen LogP contribution in [0.15, 0.2) is 24.5 Å². The summed E-state index contributed by atoms with van der Waals surface area (Å²) < 4.78 is 0. The number of hydrogen-bond acceptors (Lipinski definition) is 5. The molecule has 3 rings (SSSR count). The highest BCUT2D eigenvalue weighted by molar-refractivity contribution is 5.98. The number of aromatic nitrogens is 1. The van der Waals surface area contributed by atoms with Crippen LogP contribution in [0.3, 0.4) is 0 Å². The highest BCUT2D eigenvalue weighted by Crippen LogP contribution is 2.11. The lowest BCUT2D eigenvalue weighted by atomic mass is 10.1. The van der Waals surface area contributed by atoms with Gasteiger partial charge in [0.15, 0.2) is 0 Å². The number of nitrogens with zero attached hydrogens (tertiary/aromatic N) is 2. The summed E-state index contributed by atoms with van der Waals surface area (Å²) in [5.41, 5.74) is 0.451. The van der Waals surface area contributed by atoms with Gasteiger partial charge in [-0.2, -0.15) is 0 Å². The van der Waals surface area contributed by atoms with Crippen molar-refractivity contribution in [1.82, 2.24) is 25.8 Å². The molecule has 8 heteroatoms. The standard InChI is InChI=1S/C16H21N5O3/c22-14-12(4-2-6-19-14)20-15(23)13-10-18-7-8-21(13)16(24)11-3-1-5-17-9-11/h1,3,5,9,12-13,18H,2,4,6-8,10H2,(H,19,22)(H,20,23). The van der Waals surface area contributed by atoms with Crippen LogP contribution in [-0.4, -0.2) is 65.9 Å². The van der Waals surface area contributed by atoms with Gasteiger partial charge in [0.1, 0.15) is 12.1 Å². The predicted octanol–water partition coefficient (Wildman–Crippen LogP) is -1.11. The summed E-state index contributed by atoms with van der Waals surface area (Å²) in [4.78, 5) is 42.6. The molecule has 3 amide bonds. The molecule has 128 valence electrons. The maximum Gasteiger partial charge on any atom is 0.256 e. The van der Waals surface area contributed by atoms with Gasteiger partial charge < -0.3 is 20.9 Å². The summed E-state index contributed by atoms with van der Waals surface area (Å²) in [6.07, 6.45) is 4.54. The van der Waals surface area contributed by atoms with Crippen LogP contribution in [-0.2, 0) is 9.59 Å². The molecule has 0 radical (unpaired) electrons. The summed E-state index contributed by atoms with van der Waals surface area (Å²) >= 11 is 0. The zero-order valence-electron chi connectivity index (χ0n) is 13.3. The Kier molecular flexibility index (Phi) is 5.05. The van der Waals surface area contributed by atoms with E-state index in [0.29, 0.717) is 38.2 Å². The first kappa shape index (κ1) is 16.4. The van der Waals surface area contributed by atoms with E-state index < -0.39 is 12.1 Å². The number of piperazine rings is 1. The minimum Gasteiger partial charge on any atom is -0.354 e. The van der Waals surface area contributed by atoms with Gasteiger partial charge in [-0.15, -0.1) is 0 Å². The number of carbonyl (C=O) groups excluding carboxylic acids is 3. The molecular formula is C16H21N5O3. The lowest BCUT2D eigenvalue weighted by molar-refractivity contribution is -0.132. The van der Waals surface area contributed by atoms with E-state index in [1.807, 2.05) is 0 Å². The molecule has 3 N–H and O–H groups in total. The Hall–Kier alpha value is -2.48. The molecule has 1 aromatic rings. The summed E-state index contributed by atoms with van der Waals surface area (Å²) in [6, 6.07) is 2.21. The van der Waals surface area contributed by atoms with E-state index in [-0.39, 0.29) is 17.7 Å². The lowest BCUT2D eigenvalue weighted by Gasteiger charge is -2.36. The molecular weight excluding hydrogens is 310 g/mol. The summed E-state index contributed by atoms with van der Waals surface area (Å²) in [5.74, 6) is -0.692. The average molecular weight is 331 g/mol. The van der Waals surface area contributed by atoms with Crippen molar-refractivity contribution in [3.63, 3.8) is 0 Å². The second-order valence-electron chi connectivity index (χ2n) is 5.95. The monoisotopic (exact) mass is 331 g/mol. The van der Waals surface area contributed by atoms with E-state index in [0.717, 1.165) is 6.42 Å². The van der Waals surface area contributed by atoms with Gasteiger partial charge in [-0.3, -0.25) is 19.4 Å². The fraction of sp³-hybridized carbons (Fsp3) is 0.500. The molecule has 1 aromatic heterocycles. The Bertz CT molecular complexity index is 621. The van der Waals surface area contributed by atoms with Crippen molar-refractivity contribution in [3.05, 3.63) is 30.1 Å². The molecule has 0 aromatic carbocycles. The minimum atomic E-state index is -0.638. The maximum absolute atomic E-state index is 12.7. The fourth-order valence-corrected chi connectivity index (χ4v) is 3.01. The van der Waals surface area contributed by atoms with Crippen LogP contribution in [0.4, 0.5) is 0 Å². The third-order valence-corrected chi connectivity index (χ3v) is 4.32. The van der Waals surface area contributed by atoms with E-state index in [1.54, 1.807) is 23.2 Å². The Morgan fingerprint density at radius 2 is 2.21 bits per heavy atom. The molecule has 2 saturated heterocycles. The number of carbonyl (C=O) groups is 3. The third-order valence-electron chi connectivity index (χ3n) is 4.32. The van der Waals surface area contributed by atoms with Crippen molar-refractivity contribution in [2.75, 3.05) is 26.2 Å². The maximum atomic E-state index is 12.7. The van der Waals surface area contributed by atoms with E-state index in [4.69, 9.17) is 0 Å². The van der Waals surface area contributed by atoms with Crippen molar-refractivity contribution < 1.29 is 14.4 Å². The molecule has 0 saturated carbocycles. The molecule has 24 heavy (non-hydrogen) atoms. The number of piperidine rings is 1. The van der Waals surface area contributed by atoms with Crippen LogP contribution in [0.5, 0.6) is 0 Å². The van der Waals surface area contributed by atoms with Gasteiger partial charge in [0, 0.05) is 38.6 Å². The van der Waals surface area contributed by atoms with Gasteiger partial charge in [-0.1, -0.05) is 0 Å². The highest BCUT2D eigenvalue weighted by Gasteiger charge is 2.35. The Balaban J connectivity index is 1.70. The first-order valence-electron chi connectivity index (χ1n) is 8.16. The first-order chi connectivity index (χ1) is 11.7. The number of hydrogen-bond donors (Lipinski definition) is 3. The van der Waals surface area contributed by atoms with Crippen LogP contribution >= 0.6 is 0 Å². The SMILES string of the molecule is O=C1NCCCC1NC(=O)C1CNCCN1C(=O)c1cccnc1. The van der Waals surface area contributed by atoms with Gasteiger partial charge in [-0.05, 0) is 25.0 Å². The van der Waals surface area contributed by atoms with E-state index in [1.165, 1.54) is 6.20 Å². The van der Waals surface area contributed by atoms with Crippen molar-refractivity contribution >= 4 is 17.7 Å². The zero-order chi connectivity index (χ0) is 16.9. The van der Waals surface area contributed by atoms with E-state index in [9.17, 15) is 14.4 Å². The van der Waals surface area contributed by atoms with Crippen molar-refractivity contribution in [2.24, 2.45) is 0 Å². The Labute approximate surface area is 140 Å². The Morgan fingerprint density at radius 3 is 2.96 bits per heavy atom. The fourth-order valence-electron chi connectivity index (χ4n) is 3.01. The number of rotatable bonds is 3. The normalized spacial score (nSPS) is 24.2. The van der Waals surface area contributed by atoms with Crippen LogP contribution in [0.1, 0.15) is 23.2 Å². The van der Waals surface area contributed by atoms with Crippen molar-refractivity contribution in [1.29, 1.82) is 0 Å². The summed E-state index contributed by atoms with van der Waals surface area (Å²) in [5, 5.41) is 8.65. The van der Waals surface area contributed by atoms with Crippen LogP contribution < -0.4 is 16.0 Å². The molecule has 8 nitrogen and oxygen atoms in total. The number of nitrogens with one attached hydrogen (secondary N) is 3. The minimum absolute atomic E-state index is 0.163. The van der Waals surface area contributed by atoms with Gasteiger partial charge in [0.05, 0.1) is 5.56 Å². The van der Waals surface area contributed by atoms with Gasteiger partial charge in [0.25, 0.3) is 5.91 Å². The van der Waals surface area contributed by atoms with Crippen molar-refractivity contribution in [3.8, 4) is 0 Å². The van der Waals surface area contributed by atoms with Gasteiger partial charge in [0.2, 0.25) is 11.8 Å². The molecule has 0 spiro atoms. The van der Waals surface area contributed by atoms with Gasteiger partial charge in [-0.25, -0.2) is 0 Å². The highest BCUT2D eigenvalue weighted by atomic mass is 16.2. The molecule has 3 heterocycles. The quantitative estimate of drug-likeness (QED) is 0.652. The molecule has 2 aliphatic rings. The third kappa shape index (κ3) is 3.53. The number of pyridine rings is 1. The zero-order valence-corrected chi connectivity index (χ0v) is 13.3. The van der Waals surface area contributed by atoms with Crippen LogP contribution in [0, 0.1) is 0 Å². The summed E-state index contributed by atoms with van der Waals surface area (Å²) in [7, 11) is 0. The van der Waals surface area contributed by atoms with Crippen LogP contribution in [0.25, 0.3) is 0 Å². The van der Waals surface area contributed by atoms with E-state index >= 15 is 0 Å². The molecule has 2 aliphatic heterocycles. The molecule has 2 unspecified atom stereocenters. The molecule has 2 atom stereocenters. The predicted molar refractivity (Wildman–Crippen MR) is 86.1 cm³/mol. The number of amides is 3. The second-order valence-corrected chi connectivity index (χ2v) is 5.95. The van der Waals surface area contributed by atoms with Crippen LogP contribution in [0.2, 0.25) is 0 Å².